The number of rotatable bonds is 8. The molecular weight excluding hydrogens is 457 g/mol. The molecule has 2 unspecified atom stereocenters. The third-order valence-corrected chi connectivity index (χ3v) is 5.63. The Hall–Kier alpha value is -2.95. The number of nitrogens with one attached hydrogen (secondary N) is 2. The summed E-state index contributed by atoms with van der Waals surface area (Å²) in [6.07, 6.45) is -4.86. The van der Waals surface area contributed by atoms with Crippen LogP contribution in [0.25, 0.3) is 0 Å². The number of piperazine rings is 1. The zero-order valence-corrected chi connectivity index (χ0v) is 18.7. The van der Waals surface area contributed by atoms with E-state index >= 15 is 0 Å². The van der Waals surface area contributed by atoms with Crippen molar-refractivity contribution >= 4 is 17.6 Å². The van der Waals surface area contributed by atoms with E-state index in [1.807, 2.05) is 16.4 Å². The number of amides is 2. The van der Waals surface area contributed by atoms with Gasteiger partial charge in [0.05, 0.1) is 37.4 Å². The number of hydrogen-bond acceptors (Lipinski definition) is 8. The van der Waals surface area contributed by atoms with Gasteiger partial charge in [-0.25, -0.2) is 10.4 Å². The van der Waals surface area contributed by atoms with Crippen molar-refractivity contribution in [2.24, 2.45) is 5.92 Å². The molecule has 1 aromatic rings. The van der Waals surface area contributed by atoms with Gasteiger partial charge in [-0.15, -0.1) is 0 Å². The number of carbonyl (C=O) groups is 2. The second-order valence-electron chi connectivity index (χ2n) is 8.07. The molecule has 0 saturated carbocycles. The standard InChI is InChI=1S/C21H27F3N6O4/c1-14(33-8-9-34-16-13-27-28-20(32)19(16)21(22,23)24)10-18(31)30-6-4-29(5-7-30)17-3-2-15(11-25)12-26-17/h2-3,12,14,16,19,27H,4-10,13H2,1H3,(H,28,32)/t14-,16?,19?/m1/s1. The lowest BCUT2D eigenvalue weighted by Crippen LogP contribution is -2.60. The van der Waals surface area contributed by atoms with E-state index in [0.717, 1.165) is 5.82 Å². The number of aromatic nitrogens is 1. The Morgan fingerprint density at radius 2 is 2.03 bits per heavy atom. The summed E-state index contributed by atoms with van der Waals surface area (Å²) in [6.45, 7) is 3.65. The van der Waals surface area contributed by atoms with Crippen molar-refractivity contribution in [3.8, 4) is 6.07 Å². The van der Waals surface area contributed by atoms with Crippen molar-refractivity contribution in [1.29, 1.82) is 5.26 Å². The normalized spacial score (nSPS) is 22.1. The molecule has 1 aromatic heterocycles. The molecule has 0 aliphatic carbocycles. The maximum Gasteiger partial charge on any atom is 0.403 e. The van der Waals surface area contributed by atoms with Gasteiger partial charge in [-0.3, -0.25) is 15.0 Å². The van der Waals surface area contributed by atoms with E-state index in [0.29, 0.717) is 31.7 Å². The van der Waals surface area contributed by atoms with Crippen LogP contribution in [-0.2, 0) is 19.1 Å². The summed E-state index contributed by atoms with van der Waals surface area (Å²) >= 11 is 0. The molecular formula is C21H27F3N6O4. The van der Waals surface area contributed by atoms with E-state index < -0.39 is 30.2 Å². The third kappa shape index (κ3) is 6.78. The molecule has 2 saturated heterocycles. The molecule has 0 bridgehead atoms. The van der Waals surface area contributed by atoms with Crippen LogP contribution in [-0.4, -0.2) is 86.0 Å². The van der Waals surface area contributed by atoms with Crippen molar-refractivity contribution in [3.05, 3.63) is 23.9 Å². The van der Waals surface area contributed by atoms with Crippen molar-refractivity contribution < 1.29 is 32.2 Å². The highest BCUT2D eigenvalue weighted by molar-refractivity contribution is 5.80. The van der Waals surface area contributed by atoms with Gasteiger partial charge in [-0.1, -0.05) is 0 Å². The number of carbonyl (C=O) groups excluding carboxylic acids is 2. The molecule has 2 amide bonds. The Morgan fingerprint density at radius 1 is 1.29 bits per heavy atom. The van der Waals surface area contributed by atoms with Crippen LogP contribution in [0, 0.1) is 17.2 Å². The number of pyridine rings is 1. The predicted octanol–water partition coefficient (Wildman–Crippen LogP) is 0.595. The molecule has 3 rings (SSSR count). The van der Waals surface area contributed by atoms with Crippen LogP contribution in [0.1, 0.15) is 18.9 Å². The maximum atomic E-state index is 13.1. The second kappa shape index (κ2) is 11.5. The monoisotopic (exact) mass is 484 g/mol. The van der Waals surface area contributed by atoms with Crippen LogP contribution in [0.5, 0.6) is 0 Å². The largest absolute Gasteiger partial charge is 0.403 e. The number of anilines is 1. The van der Waals surface area contributed by atoms with E-state index in [4.69, 9.17) is 14.7 Å². The van der Waals surface area contributed by atoms with E-state index in [9.17, 15) is 22.8 Å². The first kappa shape index (κ1) is 25.7. The molecule has 13 heteroatoms. The summed E-state index contributed by atoms with van der Waals surface area (Å²) in [6, 6.07) is 5.50. The van der Waals surface area contributed by atoms with E-state index in [1.165, 1.54) is 6.20 Å². The molecule has 3 atom stereocenters. The SMILES string of the molecule is C[C@H](CC(=O)N1CCN(c2ccc(C#N)cn2)CC1)OCCOC1CNNC(=O)C1C(F)(F)F. The van der Waals surface area contributed by atoms with Crippen molar-refractivity contribution in [3.63, 3.8) is 0 Å². The second-order valence-corrected chi connectivity index (χ2v) is 8.07. The van der Waals surface area contributed by atoms with Gasteiger partial charge in [-0.05, 0) is 19.1 Å². The first-order valence-corrected chi connectivity index (χ1v) is 10.9. The number of hydrazine groups is 1. The highest BCUT2D eigenvalue weighted by Crippen LogP contribution is 2.31. The van der Waals surface area contributed by atoms with Gasteiger partial charge in [0.1, 0.15) is 11.9 Å². The van der Waals surface area contributed by atoms with E-state index in [1.54, 1.807) is 24.0 Å². The molecule has 34 heavy (non-hydrogen) atoms. The number of halogens is 3. The minimum atomic E-state index is -4.71. The molecule has 10 nitrogen and oxygen atoms in total. The number of ether oxygens (including phenoxy) is 2. The van der Waals surface area contributed by atoms with Crippen LogP contribution in [0.4, 0.5) is 19.0 Å². The van der Waals surface area contributed by atoms with Gasteiger partial charge < -0.3 is 19.3 Å². The fourth-order valence-electron chi connectivity index (χ4n) is 3.82. The lowest BCUT2D eigenvalue weighted by Gasteiger charge is -2.36. The first-order valence-electron chi connectivity index (χ1n) is 10.9. The fraction of sp³-hybridized carbons (Fsp3) is 0.619. The van der Waals surface area contributed by atoms with Crippen LogP contribution >= 0.6 is 0 Å². The summed E-state index contributed by atoms with van der Waals surface area (Å²) in [5.74, 6) is -2.75. The summed E-state index contributed by atoms with van der Waals surface area (Å²) in [7, 11) is 0. The third-order valence-electron chi connectivity index (χ3n) is 5.63. The van der Waals surface area contributed by atoms with Gasteiger partial charge in [-0.2, -0.15) is 18.4 Å². The molecule has 2 aliphatic rings. The molecule has 186 valence electrons. The molecule has 0 aromatic carbocycles. The smallest absolute Gasteiger partial charge is 0.376 e. The quantitative estimate of drug-likeness (QED) is 0.515. The number of alkyl halides is 3. The van der Waals surface area contributed by atoms with Gasteiger partial charge >= 0.3 is 6.18 Å². The zero-order chi connectivity index (χ0) is 24.7. The number of hydrogen-bond donors (Lipinski definition) is 2. The van der Waals surface area contributed by atoms with Gasteiger partial charge in [0.15, 0.2) is 5.92 Å². The van der Waals surface area contributed by atoms with Crippen LogP contribution < -0.4 is 15.8 Å². The molecule has 2 fully saturated rings. The van der Waals surface area contributed by atoms with Gasteiger partial charge in [0, 0.05) is 38.9 Å². The maximum absolute atomic E-state index is 13.1. The van der Waals surface area contributed by atoms with Crippen molar-refractivity contribution in [2.75, 3.05) is 50.8 Å². The van der Waals surface area contributed by atoms with Crippen LogP contribution in [0.3, 0.4) is 0 Å². The highest BCUT2D eigenvalue weighted by atomic mass is 19.4. The molecule has 2 aliphatic heterocycles. The Kier molecular flexibility index (Phi) is 8.65. The van der Waals surface area contributed by atoms with Crippen molar-refractivity contribution in [2.45, 2.75) is 31.7 Å². The van der Waals surface area contributed by atoms with Gasteiger partial charge in [0.25, 0.3) is 0 Å². The molecule has 2 N–H and O–H groups in total. The summed E-state index contributed by atoms with van der Waals surface area (Å²) in [5, 5.41) is 8.86. The average molecular weight is 484 g/mol. The summed E-state index contributed by atoms with van der Waals surface area (Å²) < 4.78 is 50.0. The minimum absolute atomic E-state index is 0.00468. The Balaban J connectivity index is 1.36. The number of nitrogens with zero attached hydrogens (tertiary/aromatic N) is 4. The topological polar surface area (TPSA) is 120 Å². The molecule has 0 spiro atoms. The fourth-order valence-corrected chi connectivity index (χ4v) is 3.82. The lowest BCUT2D eigenvalue weighted by atomic mass is 9.99. The van der Waals surface area contributed by atoms with E-state index in [2.05, 4.69) is 10.4 Å². The Morgan fingerprint density at radius 3 is 2.65 bits per heavy atom. The lowest BCUT2D eigenvalue weighted by molar-refractivity contribution is -0.214. The van der Waals surface area contributed by atoms with Gasteiger partial charge in [0.2, 0.25) is 11.8 Å². The van der Waals surface area contributed by atoms with E-state index in [-0.39, 0.29) is 32.1 Å². The number of nitriles is 1. The highest BCUT2D eigenvalue weighted by Gasteiger charge is 2.52. The van der Waals surface area contributed by atoms with Crippen LogP contribution in [0.2, 0.25) is 0 Å². The molecule has 0 radical (unpaired) electrons. The first-order chi connectivity index (χ1) is 16.2. The Bertz CT molecular complexity index is 884. The summed E-state index contributed by atoms with van der Waals surface area (Å²) in [4.78, 5) is 32.1. The minimum Gasteiger partial charge on any atom is -0.376 e. The average Bonchev–Trinajstić information content (AvgIpc) is 2.81. The predicted molar refractivity (Wildman–Crippen MR) is 113 cm³/mol. The van der Waals surface area contributed by atoms with Crippen LogP contribution in [0.15, 0.2) is 18.3 Å². The Labute approximate surface area is 195 Å². The molecule has 3 heterocycles. The summed E-state index contributed by atoms with van der Waals surface area (Å²) in [5.41, 5.74) is 4.83. The van der Waals surface area contributed by atoms with Crippen molar-refractivity contribution in [1.82, 2.24) is 20.7 Å². The zero-order valence-electron chi connectivity index (χ0n) is 18.7.